The van der Waals surface area contributed by atoms with E-state index in [4.69, 9.17) is 10.00 Å². The van der Waals surface area contributed by atoms with Crippen molar-refractivity contribution >= 4 is 27.8 Å². The van der Waals surface area contributed by atoms with Crippen molar-refractivity contribution in [2.24, 2.45) is 0 Å². The molecule has 116 valence electrons. The van der Waals surface area contributed by atoms with Crippen LogP contribution in [0.2, 0.25) is 0 Å². The zero-order chi connectivity index (χ0) is 16.7. The van der Waals surface area contributed by atoms with E-state index in [0.717, 1.165) is 10.0 Å². The van der Waals surface area contributed by atoms with E-state index in [-0.39, 0.29) is 19.1 Å². The van der Waals surface area contributed by atoms with E-state index in [9.17, 15) is 9.59 Å². The molecule has 0 atom stereocenters. The van der Waals surface area contributed by atoms with Gasteiger partial charge in [0.15, 0.2) is 0 Å². The number of halogens is 1. The van der Waals surface area contributed by atoms with Crippen LogP contribution < -0.4 is 5.32 Å². The minimum Gasteiger partial charge on any atom is -0.460 e. The van der Waals surface area contributed by atoms with Crippen molar-refractivity contribution in [2.45, 2.75) is 6.61 Å². The van der Waals surface area contributed by atoms with Crippen molar-refractivity contribution in [2.75, 3.05) is 6.54 Å². The van der Waals surface area contributed by atoms with Crippen molar-refractivity contribution in [1.29, 1.82) is 5.26 Å². The van der Waals surface area contributed by atoms with E-state index in [0.29, 0.717) is 11.1 Å². The van der Waals surface area contributed by atoms with Crippen molar-refractivity contribution < 1.29 is 14.3 Å². The normalized spacial score (nSPS) is 9.74. The first-order chi connectivity index (χ1) is 11.1. The van der Waals surface area contributed by atoms with Crippen molar-refractivity contribution in [1.82, 2.24) is 5.32 Å². The lowest BCUT2D eigenvalue weighted by Gasteiger charge is -2.07. The summed E-state index contributed by atoms with van der Waals surface area (Å²) in [4.78, 5) is 23.5. The topological polar surface area (TPSA) is 79.2 Å². The molecule has 0 fully saturated rings. The van der Waals surface area contributed by atoms with Crippen molar-refractivity contribution in [3.8, 4) is 6.07 Å². The minimum absolute atomic E-state index is 0.0580. The van der Waals surface area contributed by atoms with Gasteiger partial charge in [-0.25, -0.2) is 0 Å². The minimum atomic E-state index is -0.544. The molecule has 0 unspecified atom stereocenters. The molecule has 2 aromatic carbocycles. The Morgan fingerprint density at radius 3 is 2.61 bits per heavy atom. The van der Waals surface area contributed by atoms with E-state index in [1.807, 2.05) is 6.07 Å². The smallest absolute Gasteiger partial charge is 0.325 e. The monoisotopic (exact) mass is 372 g/mol. The lowest BCUT2D eigenvalue weighted by Crippen LogP contribution is -2.30. The number of hydrogen-bond acceptors (Lipinski definition) is 4. The van der Waals surface area contributed by atoms with Gasteiger partial charge in [-0.15, -0.1) is 0 Å². The summed E-state index contributed by atoms with van der Waals surface area (Å²) in [6.45, 7) is -0.157. The molecular weight excluding hydrogens is 360 g/mol. The zero-order valence-corrected chi connectivity index (χ0v) is 13.7. The van der Waals surface area contributed by atoms with Crippen LogP contribution in [0.25, 0.3) is 0 Å². The highest BCUT2D eigenvalue weighted by molar-refractivity contribution is 9.10. The van der Waals surface area contributed by atoms with E-state index >= 15 is 0 Å². The molecule has 0 aliphatic heterocycles. The van der Waals surface area contributed by atoms with Gasteiger partial charge in [-0.3, -0.25) is 9.59 Å². The van der Waals surface area contributed by atoms with E-state index < -0.39 is 5.97 Å². The number of rotatable bonds is 5. The Hall–Kier alpha value is -2.65. The molecular formula is C17H13BrN2O3. The number of nitrogens with zero attached hydrogens (tertiary/aromatic N) is 1. The predicted octanol–water partition coefficient (Wildman–Crippen LogP) is 2.79. The Balaban J connectivity index is 1.79. The van der Waals surface area contributed by atoms with E-state index in [2.05, 4.69) is 21.2 Å². The highest BCUT2D eigenvalue weighted by atomic mass is 79.9. The largest absolute Gasteiger partial charge is 0.460 e. The quantitative estimate of drug-likeness (QED) is 0.818. The first-order valence-corrected chi connectivity index (χ1v) is 7.56. The predicted molar refractivity (Wildman–Crippen MR) is 87.4 cm³/mol. The third kappa shape index (κ3) is 5.24. The van der Waals surface area contributed by atoms with E-state index in [1.165, 1.54) is 0 Å². The summed E-state index contributed by atoms with van der Waals surface area (Å²) in [5, 5.41) is 11.3. The van der Waals surface area contributed by atoms with Crippen molar-refractivity contribution in [3.63, 3.8) is 0 Å². The van der Waals surface area contributed by atoms with Gasteiger partial charge in [0.1, 0.15) is 13.2 Å². The van der Waals surface area contributed by atoms with Crippen molar-refractivity contribution in [3.05, 3.63) is 69.7 Å². The molecule has 0 saturated heterocycles. The van der Waals surface area contributed by atoms with Crippen LogP contribution in [-0.4, -0.2) is 18.4 Å². The second kappa shape index (κ2) is 8.11. The molecule has 0 aliphatic carbocycles. The van der Waals surface area contributed by atoms with Gasteiger partial charge in [0.2, 0.25) is 0 Å². The highest BCUT2D eigenvalue weighted by Crippen LogP contribution is 2.10. The van der Waals surface area contributed by atoms with Gasteiger partial charge in [0.05, 0.1) is 11.6 Å². The highest BCUT2D eigenvalue weighted by Gasteiger charge is 2.09. The number of nitrogens with one attached hydrogen (secondary N) is 1. The second-order valence-electron chi connectivity index (χ2n) is 4.66. The van der Waals surface area contributed by atoms with Crippen LogP contribution in [0.5, 0.6) is 0 Å². The molecule has 23 heavy (non-hydrogen) atoms. The van der Waals surface area contributed by atoms with Crippen LogP contribution >= 0.6 is 15.9 Å². The molecule has 0 heterocycles. The molecule has 6 heteroatoms. The van der Waals surface area contributed by atoms with Crippen LogP contribution in [-0.2, 0) is 16.1 Å². The lowest BCUT2D eigenvalue weighted by atomic mass is 10.1. The Morgan fingerprint density at radius 2 is 1.91 bits per heavy atom. The van der Waals surface area contributed by atoms with E-state index in [1.54, 1.807) is 48.5 Å². The molecule has 5 nitrogen and oxygen atoms in total. The number of benzene rings is 2. The van der Waals surface area contributed by atoms with Gasteiger partial charge in [-0.2, -0.15) is 5.26 Å². The molecule has 1 amide bonds. The number of esters is 1. The fourth-order valence-corrected chi connectivity index (χ4v) is 2.07. The zero-order valence-electron chi connectivity index (χ0n) is 12.1. The molecule has 0 aromatic heterocycles. The summed E-state index contributed by atoms with van der Waals surface area (Å²) >= 11 is 3.28. The SMILES string of the molecule is N#Cc1cccc(COC(=O)CNC(=O)c2ccc(Br)cc2)c1. The Morgan fingerprint density at radius 1 is 1.17 bits per heavy atom. The van der Waals surface area contributed by atoms with Crippen LogP contribution in [0.15, 0.2) is 53.0 Å². The maximum Gasteiger partial charge on any atom is 0.325 e. The molecule has 2 aromatic rings. The van der Waals surface area contributed by atoms with Crippen LogP contribution in [0.3, 0.4) is 0 Å². The summed E-state index contributed by atoms with van der Waals surface area (Å²) in [6.07, 6.45) is 0. The summed E-state index contributed by atoms with van der Waals surface area (Å²) < 4.78 is 5.93. The average Bonchev–Trinajstić information content (AvgIpc) is 2.58. The summed E-state index contributed by atoms with van der Waals surface area (Å²) in [5.41, 5.74) is 1.68. The number of ether oxygens (including phenoxy) is 1. The fourth-order valence-electron chi connectivity index (χ4n) is 1.80. The fraction of sp³-hybridized carbons (Fsp3) is 0.118. The average molecular weight is 373 g/mol. The molecule has 1 N–H and O–H groups in total. The Bertz CT molecular complexity index is 751. The van der Waals surface area contributed by atoms with Gasteiger partial charge < -0.3 is 10.1 Å². The number of amides is 1. The lowest BCUT2D eigenvalue weighted by molar-refractivity contribution is -0.143. The maximum atomic E-state index is 11.8. The van der Waals surface area contributed by atoms with Gasteiger partial charge in [-0.05, 0) is 42.0 Å². The third-order valence-corrected chi connectivity index (χ3v) is 3.48. The molecule has 0 saturated carbocycles. The summed E-state index contributed by atoms with van der Waals surface area (Å²) in [5.74, 6) is -0.890. The van der Waals surface area contributed by atoms with Crippen LogP contribution in [0.1, 0.15) is 21.5 Å². The Kier molecular flexibility index (Phi) is 5.89. The first kappa shape index (κ1) is 16.7. The number of carbonyl (C=O) groups is 2. The summed E-state index contributed by atoms with van der Waals surface area (Å²) in [6, 6.07) is 15.6. The van der Waals surface area contributed by atoms with Gasteiger partial charge >= 0.3 is 5.97 Å². The van der Waals surface area contributed by atoms with Gasteiger partial charge in [0.25, 0.3) is 5.91 Å². The maximum absolute atomic E-state index is 11.8. The second-order valence-corrected chi connectivity index (χ2v) is 5.58. The molecule has 0 aliphatic rings. The van der Waals surface area contributed by atoms with Gasteiger partial charge in [-0.1, -0.05) is 28.1 Å². The summed E-state index contributed by atoms with van der Waals surface area (Å²) in [7, 11) is 0. The van der Waals surface area contributed by atoms with Gasteiger partial charge in [0, 0.05) is 10.0 Å². The first-order valence-electron chi connectivity index (χ1n) is 6.77. The molecule has 2 rings (SSSR count). The number of carbonyl (C=O) groups excluding carboxylic acids is 2. The van der Waals surface area contributed by atoms with Crippen LogP contribution in [0.4, 0.5) is 0 Å². The standard InChI is InChI=1S/C17H13BrN2O3/c18-15-6-4-14(5-7-15)17(22)20-10-16(21)23-11-13-3-1-2-12(8-13)9-19/h1-8H,10-11H2,(H,20,22). The third-order valence-electron chi connectivity index (χ3n) is 2.96. The molecule has 0 spiro atoms. The number of hydrogen-bond donors (Lipinski definition) is 1. The Labute approximate surface area is 142 Å². The van der Waals surface area contributed by atoms with Crippen LogP contribution in [0, 0.1) is 11.3 Å². The number of nitriles is 1. The molecule has 0 bridgehead atoms. The molecule has 0 radical (unpaired) electrons.